The number of nitrogens with one attached hydrogen (secondary N) is 2. The van der Waals surface area contributed by atoms with Crippen LogP contribution in [0, 0.1) is 5.92 Å². The largest absolute Gasteiger partial charge is 0.317 e. The zero-order valence-electron chi connectivity index (χ0n) is 11.2. The van der Waals surface area contributed by atoms with Crippen LogP contribution in [-0.4, -0.2) is 24.0 Å². The first-order valence-corrected chi connectivity index (χ1v) is 8.09. The lowest BCUT2D eigenvalue weighted by Crippen LogP contribution is -2.26. The van der Waals surface area contributed by atoms with Gasteiger partial charge in [0, 0.05) is 17.5 Å². The molecule has 104 valence electrons. The van der Waals surface area contributed by atoms with Crippen LogP contribution in [0.1, 0.15) is 49.3 Å². The molecule has 2 fully saturated rings. The number of carbonyl (C=O) groups is 1. The third-order valence-corrected chi connectivity index (χ3v) is 5.06. The van der Waals surface area contributed by atoms with Gasteiger partial charge in [-0.15, -0.1) is 11.3 Å². The number of anilines is 1. The fourth-order valence-electron chi connectivity index (χ4n) is 2.56. The van der Waals surface area contributed by atoms with E-state index in [1.807, 2.05) is 6.20 Å². The highest BCUT2D eigenvalue weighted by Crippen LogP contribution is 2.34. The summed E-state index contributed by atoms with van der Waals surface area (Å²) in [5, 5.41) is 7.08. The van der Waals surface area contributed by atoms with E-state index < -0.39 is 0 Å². The van der Waals surface area contributed by atoms with Crippen molar-refractivity contribution in [2.45, 2.75) is 44.4 Å². The molecule has 0 atom stereocenters. The summed E-state index contributed by atoms with van der Waals surface area (Å²) in [6, 6.07) is 0. The summed E-state index contributed by atoms with van der Waals surface area (Å²) in [6.07, 6.45) is 8.60. The fraction of sp³-hybridized carbons (Fsp3) is 0.714. The number of thiazole rings is 1. The Labute approximate surface area is 118 Å². The van der Waals surface area contributed by atoms with Crippen LogP contribution in [0.5, 0.6) is 0 Å². The molecule has 0 bridgehead atoms. The van der Waals surface area contributed by atoms with Crippen LogP contribution in [0.25, 0.3) is 0 Å². The number of rotatable bonds is 5. The van der Waals surface area contributed by atoms with Gasteiger partial charge in [0.15, 0.2) is 5.13 Å². The van der Waals surface area contributed by atoms with Gasteiger partial charge in [0.05, 0.1) is 0 Å². The second kappa shape index (κ2) is 6.01. The molecule has 1 aliphatic carbocycles. The van der Waals surface area contributed by atoms with Gasteiger partial charge in [-0.05, 0) is 44.2 Å². The molecule has 1 aromatic rings. The lowest BCUT2D eigenvalue weighted by molar-refractivity contribution is -0.116. The third-order valence-electron chi connectivity index (χ3n) is 3.99. The molecule has 0 unspecified atom stereocenters. The van der Waals surface area contributed by atoms with E-state index in [1.54, 1.807) is 11.3 Å². The van der Waals surface area contributed by atoms with Crippen molar-refractivity contribution in [2.75, 3.05) is 18.4 Å². The quantitative estimate of drug-likeness (QED) is 0.871. The summed E-state index contributed by atoms with van der Waals surface area (Å²) >= 11 is 1.65. The molecule has 1 aliphatic heterocycles. The number of hydrogen-bond acceptors (Lipinski definition) is 4. The van der Waals surface area contributed by atoms with E-state index in [0.29, 0.717) is 12.3 Å². The van der Waals surface area contributed by atoms with Crippen molar-refractivity contribution < 1.29 is 4.79 Å². The number of carbonyl (C=O) groups excluding carboxylic acids is 1. The van der Waals surface area contributed by atoms with E-state index in [9.17, 15) is 4.79 Å². The highest BCUT2D eigenvalue weighted by molar-refractivity contribution is 7.15. The number of amides is 1. The zero-order chi connectivity index (χ0) is 13.1. The number of nitrogens with zero attached hydrogens (tertiary/aromatic N) is 1. The molecule has 2 heterocycles. The van der Waals surface area contributed by atoms with E-state index in [-0.39, 0.29) is 5.91 Å². The molecule has 1 saturated carbocycles. The zero-order valence-corrected chi connectivity index (χ0v) is 12.0. The van der Waals surface area contributed by atoms with E-state index in [2.05, 4.69) is 15.6 Å². The molecule has 2 aliphatic rings. The maximum atomic E-state index is 11.8. The van der Waals surface area contributed by atoms with E-state index in [0.717, 1.165) is 30.6 Å². The van der Waals surface area contributed by atoms with E-state index in [1.165, 1.54) is 30.6 Å². The van der Waals surface area contributed by atoms with Crippen molar-refractivity contribution in [3.63, 3.8) is 0 Å². The van der Waals surface area contributed by atoms with Gasteiger partial charge in [0.1, 0.15) is 0 Å². The first-order valence-electron chi connectivity index (χ1n) is 7.27. The van der Waals surface area contributed by atoms with Crippen LogP contribution in [0.4, 0.5) is 5.13 Å². The summed E-state index contributed by atoms with van der Waals surface area (Å²) in [4.78, 5) is 17.4. The monoisotopic (exact) mass is 279 g/mol. The van der Waals surface area contributed by atoms with Crippen molar-refractivity contribution in [1.29, 1.82) is 0 Å². The maximum Gasteiger partial charge on any atom is 0.226 e. The SMILES string of the molecule is O=C(CCC1CC1)Nc1ncc(C2CCNCC2)s1. The Balaban J connectivity index is 1.50. The second-order valence-corrected chi connectivity index (χ2v) is 6.68. The molecule has 4 nitrogen and oxygen atoms in total. The average molecular weight is 279 g/mol. The van der Waals surface area contributed by atoms with Gasteiger partial charge in [0.25, 0.3) is 0 Å². The van der Waals surface area contributed by atoms with Crippen molar-refractivity contribution in [2.24, 2.45) is 5.92 Å². The minimum Gasteiger partial charge on any atom is -0.317 e. The molecule has 19 heavy (non-hydrogen) atoms. The highest BCUT2D eigenvalue weighted by atomic mass is 32.1. The molecular weight excluding hydrogens is 258 g/mol. The maximum absolute atomic E-state index is 11.8. The number of hydrogen-bond donors (Lipinski definition) is 2. The Kier molecular flexibility index (Phi) is 4.13. The summed E-state index contributed by atoms with van der Waals surface area (Å²) in [7, 11) is 0. The van der Waals surface area contributed by atoms with Crippen LogP contribution in [-0.2, 0) is 4.79 Å². The smallest absolute Gasteiger partial charge is 0.226 e. The van der Waals surface area contributed by atoms with Crippen molar-refractivity contribution in [1.82, 2.24) is 10.3 Å². The van der Waals surface area contributed by atoms with Crippen LogP contribution in [0.3, 0.4) is 0 Å². The Morgan fingerprint density at radius 2 is 2.16 bits per heavy atom. The van der Waals surface area contributed by atoms with Crippen LogP contribution in [0.2, 0.25) is 0 Å². The lowest BCUT2D eigenvalue weighted by atomic mass is 9.97. The van der Waals surface area contributed by atoms with Gasteiger partial charge in [0.2, 0.25) is 5.91 Å². The minimum atomic E-state index is 0.123. The van der Waals surface area contributed by atoms with E-state index in [4.69, 9.17) is 0 Å². The Bertz CT molecular complexity index is 436. The first-order chi connectivity index (χ1) is 9.31. The van der Waals surface area contributed by atoms with Gasteiger partial charge in [-0.1, -0.05) is 12.8 Å². The van der Waals surface area contributed by atoms with Gasteiger partial charge >= 0.3 is 0 Å². The fourth-order valence-corrected chi connectivity index (χ4v) is 3.56. The standard InChI is InChI=1S/C14H21N3OS/c18-13(4-3-10-1-2-10)17-14-16-9-12(19-14)11-5-7-15-8-6-11/h9-11,15H,1-8H2,(H,16,17,18). The summed E-state index contributed by atoms with van der Waals surface area (Å²) in [5.41, 5.74) is 0. The van der Waals surface area contributed by atoms with Gasteiger partial charge < -0.3 is 10.6 Å². The Morgan fingerprint density at radius 1 is 1.37 bits per heavy atom. The van der Waals surface area contributed by atoms with Gasteiger partial charge in [-0.3, -0.25) is 4.79 Å². The molecule has 1 saturated heterocycles. The molecule has 2 N–H and O–H groups in total. The first kappa shape index (κ1) is 13.1. The normalized spacial score (nSPS) is 20.4. The summed E-state index contributed by atoms with van der Waals surface area (Å²) in [5.74, 6) is 1.56. The van der Waals surface area contributed by atoms with Crippen LogP contribution < -0.4 is 10.6 Å². The minimum absolute atomic E-state index is 0.123. The molecule has 0 spiro atoms. The molecular formula is C14H21N3OS. The van der Waals surface area contributed by atoms with Crippen molar-refractivity contribution in [3.8, 4) is 0 Å². The Morgan fingerprint density at radius 3 is 2.89 bits per heavy atom. The lowest BCUT2D eigenvalue weighted by Gasteiger charge is -2.20. The molecule has 3 rings (SSSR count). The second-order valence-electron chi connectivity index (χ2n) is 5.62. The topological polar surface area (TPSA) is 54.0 Å². The van der Waals surface area contributed by atoms with Gasteiger partial charge in [-0.25, -0.2) is 4.98 Å². The molecule has 5 heteroatoms. The number of aromatic nitrogens is 1. The molecule has 0 aromatic carbocycles. The van der Waals surface area contributed by atoms with Gasteiger partial charge in [-0.2, -0.15) is 0 Å². The van der Waals surface area contributed by atoms with Crippen molar-refractivity contribution >= 4 is 22.4 Å². The van der Waals surface area contributed by atoms with E-state index >= 15 is 0 Å². The molecule has 0 radical (unpaired) electrons. The van der Waals surface area contributed by atoms with Crippen LogP contribution in [0.15, 0.2) is 6.20 Å². The van der Waals surface area contributed by atoms with Crippen LogP contribution >= 0.6 is 11.3 Å². The predicted octanol–water partition coefficient (Wildman–Crippen LogP) is 2.74. The molecule has 1 amide bonds. The Hall–Kier alpha value is -0.940. The summed E-state index contributed by atoms with van der Waals surface area (Å²) < 4.78 is 0. The number of piperidine rings is 1. The predicted molar refractivity (Wildman–Crippen MR) is 77.5 cm³/mol. The highest BCUT2D eigenvalue weighted by Gasteiger charge is 2.22. The summed E-state index contributed by atoms with van der Waals surface area (Å²) in [6.45, 7) is 2.18. The average Bonchev–Trinajstić information content (AvgIpc) is 3.16. The molecule has 1 aromatic heterocycles. The third kappa shape index (κ3) is 3.76. The van der Waals surface area contributed by atoms with Crippen molar-refractivity contribution in [3.05, 3.63) is 11.1 Å².